The summed E-state index contributed by atoms with van der Waals surface area (Å²) in [6.07, 6.45) is 5.12. The minimum Gasteiger partial charge on any atom is -0.324 e. The van der Waals surface area contributed by atoms with Crippen molar-refractivity contribution >= 4 is 11.9 Å². The second-order valence-corrected chi connectivity index (χ2v) is 7.48. The van der Waals surface area contributed by atoms with Crippen molar-refractivity contribution in [2.75, 3.05) is 32.7 Å². The van der Waals surface area contributed by atoms with E-state index in [4.69, 9.17) is 0 Å². The smallest absolute Gasteiger partial charge is 0.324 e. The van der Waals surface area contributed by atoms with Crippen molar-refractivity contribution in [3.63, 3.8) is 0 Å². The van der Waals surface area contributed by atoms with E-state index < -0.39 is 5.54 Å². The topological polar surface area (TPSA) is 64.7 Å². The van der Waals surface area contributed by atoms with Gasteiger partial charge in [-0.2, -0.15) is 0 Å². The van der Waals surface area contributed by atoms with E-state index in [0.29, 0.717) is 12.6 Å². The predicted molar refractivity (Wildman–Crippen MR) is 84.5 cm³/mol. The number of hydrogen-bond acceptors (Lipinski definition) is 4. The van der Waals surface area contributed by atoms with Crippen molar-refractivity contribution in [2.24, 2.45) is 5.92 Å². The van der Waals surface area contributed by atoms with Crippen LogP contribution < -0.4 is 10.6 Å². The normalized spacial score (nSPS) is 26.5. The van der Waals surface area contributed by atoms with Crippen molar-refractivity contribution in [1.82, 2.24) is 20.4 Å². The maximum Gasteiger partial charge on any atom is 0.325 e. The fraction of sp³-hybridized carbons (Fsp3) is 0.875. The van der Waals surface area contributed by atoms with Gasteiger partial charge < -0.3 is 15.5 Å². The summed E-state index contributed by atoms with van der Waals surface area (Å²) in [7, 11) is 0. The molecule has 3 aliphatic rings. The third kappa shape index (κ3) is 3.60. The van der Waals surface area contributed by atoms with Crippen LogP contribution in [0.2, 0.25) is 0 Å². The highest BCUT2D eigenvalue weighted by atomic mass is 16.2. The number of likely N-dealkylation sites (tertiary alicyclic amines) is 1. The molecule has 0 atom stereocenters. The van der Waals surface area contributed by atoms with E-state index in [2.05, 4.69) is 15.5 Å². The standard InChI is InChI=1S/C16H28N4O2/c1-16(2)14(21)20(15(22)18-16)10-9-19-7-5-13(6-8-19)17-11-12-3-4-12/h12-13,17H,3-11H2,1-2H3,(H,18,22). The molecule has 2 saturated heterocycles. The highest BCUT2D eigenvalue weighted by Crippen LogP contribution is 2.28. The Hall–Kier alpha value is -1.14. The monoisotopic (exact) mass is 308 g/mol. The van der Waals surface area contributed by atoms with Gasteiger partial charge in [0.1, 0.15) is 5.54 Å². The molecule has 6 nitrogen and oxygen atoms in total. The molecule has 0 aromatic heterocycles. The minimum atomic E-state index is -0.753. The van der Waals surface area contributed by atoms with Crippen LogP contribution in [0.4, 0.5) is 4.79 Å². The first-order chi connectivity index (χ1) is 10.5. The van der Waals surface area contributed by atoms with Crippen LogP contribution in [-0.2, 0) is 4.79 Å². The molecule has 1 saturated carbocycles. The van der Waals surface area contributed by atoms with Gasteiger partial charge >= 0.3 is 6.03 Å². The number of piperidine rings is 1. The van der Waals surface area contributed by atoms with Gasteiger partial charge in [-0.1, -0.05) is 0 Å². The molecule has 124 valence electrons. The highest BCUT2D eigenvalue weighted by molar-refractivity contribution is 6.06. The van der Waals surface area contributed by atoms with Gasteiger partial charge in [-0.15, -0.1) is 0 Å². The molecular formula is C16H28N4O2. The number of imide groups is 1. The third-order valence-electron chi connectivity index (χ3n) is 5.06. The lowest BCUT2D eigenvalue weighted by molar-refractivity contribution is -0.130. The first kappa shape index (κ1) is 15.7. The van der Waals surface area contributed by atoms with Crippen molar-refractivity contribution < 1.29 is 9.59 Å². The zero-order valence-electron chi connectivity index (χ0n) is 13.7. The van der Waals surface area contributed by atoms with Gasteiger partial charge in [0.25, 0.3) is 5.91 Å². The number of nitrogens with one attached hydrogen (secondary N) is 2. The summed E-state index contributed by atoms with van der Waals surface area (Å²) in [5.41, 5.74) is -0.753. The Morgan fingerprint density at radius 1 is 1.14 bits per heavy atom. The molecule has 0 aromatic rings. The van der Waals surface area contributed by atoms with Crippen LogP contribution in [0.15, 0.2) is 0 Å². The summed E-state index contributed by atoms with van der Waals surface area (Å²) in [6.45, 7) is 8.07. The van der Waals surface area contributed by atoms with Crippen molar-refractivity contribution in [1.29, 1.82) is 0 Å². The SMILES string of the molecule is CC1(C)NC(=O)N(CCN2CCC(NCC3CC3)CC2)C1=O. The third-order valence-corrected chi connectivity index (χ3v) is 5.06. The fourth-order valence-corrected chi connectivity index (χ4v) is 3.28. The Morgan fingerprint density at radius 2 is 1.82 bits per heavy atom. The summed E-state index contributed by atoms with van der Waals surface area (Å²) in [6, 6.07) is 0.392. The van der Waals surface area contributed by atoms with E-state index in [0.717, 1.165) is 25.6 Å². The summed E-state index contributed by atoms with van der Waals surface area (Å²) in [5, 5.41) is 6.40. The summed E-state index contributed by atoms with van der Waals surface area (Å²) in [5.74, 6) is 0.819. The van der Waals surface area contributed by atoms with Crippen LogP contribution in [-0.4, -0.2) is 66.0 Å². The van der Waals surface area contributed by atoms with Gasteiger partial charge in [0.05, 0.1) is 0 Å². The van der Waals surface area contributed by atoms with E-state index in [1.54, 1.807) is 13.8 Å². The van der Waals surface area contributed by atoms with E-state index in [1.807, 2.05) is 0 Å². The van der Waals surface area contributed by atoms with Crippen LogP contribution in [0.3, 0.4) is 0 Å². The van der Waals surface area contributed by atoms with Crippen molar-refractivity contribution in [3.8, 4) is 0 Å². The van der Waals surface area contributed by atoms with Crippen LogP contribution >= 0.6 is 0 Å². The average Bonchev–Trinajstić information content (AvgIpc) is 3.27. The molecule has 22 heavy (non-hydrogen) atoms. The lowest BCUT2D eigenvalue weighted by Crippen LogP contribution is -2.46. The Balaban J connectivity index is 1.38. The van der Waals surface area contributed by atoms with Crippen molar-refractivity contribution in [2.45, 2.75) is 51.1 Å². The second-order valence-electron chi connectivity index (χ2n) is 7.48. The van der Waals surface area contributed by atoms with Gasteiger partial charge in [-0.3, -0.25) is 9.69 Å². The first-order valence-electron chi connectivity index (χ1n) is 8.55. The largest absolute Gasteiger partial charge is 0.325 e. The Labute approximate surface area is 132 Å². The van der Waals surface area contributed by atoms with Gasteiger partial charge in [-0.25, -0.2) is 4.79 Å². The van der Waals surface area contributed by atoms with Gasteiger partial charge in [-0.05, 0) is 65.1 Å². The van der Waals surface area contributed by atoms with Gasteiger partial charge in [0, 0.05) is 19.1 Å². The molecule has 2 N–H and O–H groups in total. The van der Waals surface area contributed by atoms with E-state index in [1.165, 1.54) is 37.1 Å². The molecule has 3 amide bonds. The number of carbonyl (C=O) groups excluding carboxylic acids is 2. The Morgan fingerprint density at radius 3 is 2.36 bits per heavy atom. The van der Waals surface area contributed by atoms with Crippen LogP contribution in [0.5, 0.6) is 0 Å². The van der Waals surface area contributed by atoms with E-state index in [9.17, 15) is 9.59 Å². The molecule has 0 spiro atoms. The molecule has 1 aliphatic carbocycles. The molecule has 3 rings (SSSR count). The van der Waals surface area contributed by atoms with Gasteiger partial charge in [0.15, 0.2) is 0 Å². The highest BCUT2D eigenvalue weighted by Gasteiger charge is 2.44. The molecule has 0 bridgehead atoms. The van der Waals surface area contributed by atoms with E-state index in [-0.39, 0.29) is 11.9 Å². The summed E-state index contributed by atoms with van der Waals surface area (Å²) < 4.78 is 0. The van der Waals surface area contributed by atoms with Gasteiger partial charge in [0.2, 0.25) is 0 Å². The predicted octanol–water partition coefficient (Wildman–Crippen LogP) is 0.781. The number of urea groups is 1. The maximum absolute atomic E-state index is 12.1. The van der Waals surface area contributed by atoms with E-state index >= 15 is 0 Å². The number of nitrogens with zero attached hydrogens (tertiary/aromatic N) is 2. The van der Waals surface area contributed by atoms with Crippen LogP contribution in [0, 0.1) is 5.92 Å². The lowest BCUT2D eigenvalue weighted by atomic mass is 10.0. The Kier molecular flexibility index (Phi) is 4.41. The number of carbonyl (C=O) groups is 2. The second kappa shape index (κ2) is 6.16. The molecule has 3 fully saturated rings. The lowest BCUT2D eigenvalue weighted by Gasteiger charge is -2.33. The summed E-state index contributed by atoms with van der Waals surface area (Å²) >= 11 is 0. The fourth-order valence-electron chi connectivity index (χ4n) is 3.28. The van der Waals surface area contributed by atoms with Crippen LogP contribution in [0.25, 0.3) is 0 Å². The molecule has 0 radical (unpaired) electrons. The molecule has 0 aromatic carbocycles. The van der Waals surface area contributed by atoms with Crippen molar-refractivity contribution in [3.05, 3.63) is 0 Å². The number of rotatable bonds is 6. The molecule has 6 heteroatoms. The number of hydrogen-bond donors (Lipinski definition) is 2. The first-order valence-corrected chi connectivity index (χ1v) is 8.55. The molecular weight excluding hydrogens is 280 g/mol. The Bertz CT molecular complexity index is 439. The number of amides is 3. The molecule has 2 aliphatic heterocycles. The zero-order chi connectivity index (χ0) is 15.7. The maximum atomic E-state index is 12.1. The minimum absolute atomic E-state index is 0.113. The molecule has 2 heterocycles. The quantitative estimate of drug-likeness (QED) is 0.712. The zero-order valence-corrected chi connectivity index (χ0v) is 13.7. The van der Waals surface area contributed by atoms with Crippen LogP contribution in [0.1, 0.15) is 39.5 Å². The summed E-state index contributed by atoms with van der Waals surface area (Å²) in [4.78, 5) is 27.7. The molecule has 0 unspecified atom stereocenters. The average molecular weight is 308 g/mol.